The molecule has 5 nitrogen and oxygen atoms in total. The molecule has 0 spiro atoms. The van der Waals surface area contributed by atoms with Crippen LogP contribution in [0.3, 0.4) is 0 Å². The molecule has 15 heavy (non-hydrogen) atoms. The van der Waals surface area contributed by atoms with Crippen molar-refractivity contribution < 1.29 is 9.84 Å². The Hall–Kier alpha value is -2.04. The van der Waals surface area contributed by atoms with E-state index in [9.17, 15) is 5.11 Å². The fourth-order valence-corrected chi connectivity index (χ4v) is 1.29. The highest BCUT2D eigenvalue weighted by molar-refractivity contribution is 5.60. The second-order valence-electron chi connectivity index (χ2n) is 3.13. The van der Waals surface area contributed by atoms with Crippen LogP contribution in [0.25, 0.3) is 11.4 Å². The minimum atomic E-state index is 0.105. The van der Waals surface area contributed by atoms with Gasteiger partial charge in [-0.1, -0.05) is 0 Å². The second kappa shape index (κ2) is 3.61. The molecule has 0 amide bonds. The van der Waals surface area contributed by atoms with Crippen LogP contribution in [0.1, 0.15) is 5.82 Å². The van der Waals surface area contributed by atoms with Gasteiger partial charge in [0.05, 0.1) is 7.11 Å². The lowest BCUT2D eigenvalue weighted by Gasteiger charge is -2.03. The Morgan fingerprint density at radius 2 is 2.20 bits per heavy atom. The van der Waals surface area contributed by atoms with Crippen LogP contribution in [-0.4, -0.2) is 27.4 Å². The SMILES string of the molecule is COc1cc(-c2n[nH]c(C)n2)ccc1O. The van der Waals surface area contributed by atoms with Gasteiger partial charge >= 0.3 is 0 Å². The summed E-state index contributed by atoms with van der Waals surface area (Å²) in [7, 11) is 1.50. The minimum absolute atomic E-state index is 0.105. The van der Waals surface area contributed by atoms with Gasteiger partial charge in [-0.15, -0.1) is 0 Å². The molecule has 1 heterocycles. The third kappa shape index (κ3) is 1.76. The number of hydrogen-bond donors (Lipinski definition) is 2. The molecule has 0 radical (unpaired) electrons. The van der Waals surface area contributed by atoms with Crippen molar-refractivity contribution in [3.05, 3.63) is 24.0 Å². The molecule has 0 aliphatic rings. The summed E-state index contributed by atoms with van der Waals surface area (Å²) < 4.78 is 5.00. The molecule has 2 aromatic rings. The lowest BCUT2D eigenvalue weighted by atomic mass is 10.2. The first-order valence-corrected chi connectivity index (χ1v) is 4.47. The van der Waals surface area contributed by atoms with Gasteiger partial charge < -0.3 is 9.84 Å². The number of nitrogens with one attached hydrogen (secondary N) is 1. The third-order valence-electron chi connectivity index (χ3n) is 2.04. The summed E-state index contributed by atoms with van der Waals surface area (Å²) in [5.74, 6) is 1.85. The summed E-state index contributed by atoms with van der Waals surface area (Å²) in [5.41, 5.74) is 0.800. The van der Waals surface area contributed by atoms with Crippen LogP contribution < -0.4 is 4.74 Å². The van der Waals surface area contributed by atoms with Crippen molar-refractivity contribution in [1.82, 2.24) is 15.2 Å². The number of benzene rings is 1. The highest BCUT2D eigenvalue weighted by atomic mass is 16.5. The predicted octanol–water partition coefficient (Wildman–Crippen LogP) is 1.49. The summed E-state index contributed by atoms with van der Waals surface area (Å²) in [6.07, 6.45) is 0. The van der Waals surface area contributed by atoms with Gasteiger partial charge in [0, 0.05) is 5.56 Å². The molecule has 1 aromatic carbocycles. The quantitative estimate of drug-likeness (QED) is 0.779. The van der Waals surface area contributed by atoms with Gasteiger partial charge in [0.25, 0.3) is 0 Å². The number of hydrogen-bond acceptors (Lipinski definition) is 4. The zero-order valence-electron chi connectivity index (χ0n) is 8.48. The van der Waals surface area contributed by atoms with Gasteiger partial charge in [-0.3, -0.25) is 5.10 Å². The maximum atomic E-state index is 9.41. The zero-order chi connectivity index (χ0) is 10.8. The zero-order valence-corrected chi connectivity index (χ0v) is 8.48. The first kappa shape index (κ1) is 9.51. The molecule has 2 N–H and O–H groups in total. The van der Waals surface area contributed by atoms with Gasteiger partial charge in [0.1, 0.15) is 5.82 Å². The van der Waals surface area contributed by atoms with Crippen LogP contribution in [-0.2, 0) is 0 Å². The average Bonchev–Trinajstić information content (AvgIpc) is 2.66. The minimum Gasteiger partial charge on any atom is -0.504 e. The predicted molar refractivity (Wildman–Crippen MR) is 54.8 cm³/mol. The van der Waals surface area contributed by atoms with Crippen molar-refractivity contribution in [2.75, 3.05) is 7.11 Å². The van der Waals surface area contributed by atoms with E-state index in [4.69, 9.17) is 4.74 Å². The van der Waals surface area contributed by atoms with E-state index in [0.717, 1.165) is 11.4 Å². The number of aromatic hydroxyl groups is 1. The number of nitrogens with zero attached hydrogens (tertiary/aromatic N) is 2. The fourth-order valence-electron chi connectivity index (χ4n) is 1.29. The molecule has 0 bridgehead atoms. The molecule has 0 aliphatic carbocycles. The summed E-state index contributed by atoms with van der Waals surface area (Å²) in [6.45, 7) is 1.83. The molecule has 1 aromatic heterocycles. The fraction of sp³-hybridized carbons (Fsp3) is 0.200. The second-order valence-corrected chi connectivity index (χ2v) is 3.13. The maximum Gasteiger partial charge on any atom is 0.181 e. The average molecular weight is 205 g/mol. The molecule has 2 rings (SSSR count). The normalized spacial score (nSPS) is 10.3. The smallest absolute Gasteiger partial charge is 0.181 e. The summed E-state index contributed by atoms with van der Waals surface area (Å²) in [5, 5.41) is 16.2. The first-order valence-electron chi connectivity index (χ1n) is 4.47. The molecule has 0 atom stereocenters. The monoisotopic (exact) mass is 205 g/mol. The Bertz CT molecular complexity index is 479. The number of aromatic amines is 1. The van der Waals surface area contributed by atoms with Crippen molar-refractivity contribution in [1.29, 1.82) is 0 Å². The standard InChI is InChI=1S/C10H11N3O2/c1-6-11-10(13-12-6)7-3-4-8(14)9(5-7)15-2/h3-5,14H,1-2H3,(H,11,12,13). The molecule has 5 heteroatoms. The number of ether oxygens (including phenoxy) is 1. The Kier molecular flexibility index (Phi) is 2.29. The topological polar surface area (TPSA) is 71.0 Å². The van der Waals surface area contributed by atoms with E-state index in [1.165, 1.54) is 7.11 Å². The van der Waals surface area contributed by atoms with Gasteiger partial charge in [0.15, 0.2) is 17.3 Å². The van der Waals surface area contributed by atoms with Crippen LogP contribution in [0, 0.1) is 6.92 Å². The van der Waals surface area contributed by atoms with E-state index in [1.807, 2.05) is 6.92 Å². The third-order valence-corrected chi connectivity index (χ3v) is 2.04. The van der Waals surface area contributed by atoms with Gasteiger partial charge in [-0.25, -0.2) is 4.98 Å². The molecule has 0 unspecified atom stereocenters. The van der Waals surface area contributed by atoms with Crippen LogP contribution in [0.15, 0.2) is 18.2 Å². The highest BCUT2D eigenvalue weighted by Crippen LogP contribution is 2.29. The number of aryl methyl sites for hydroxylation is 1. The van der Waals surface area contributed by atoms with Gasteiger partial charge in [-0.05, 0) is 25.1 Å². The maximum absolute atomic E-state index is 9.41. The summed E-state index contributed by atoms with van der Waals surface area (Å²) >= 11 is 0. The number of H-pyrrole nitrogens is 1. The number of methoxy groups -OCH3 is 1. The number of rotatable bonds is 2. The lowest BCUT2D eigenvalue weighted by Crippen LogP contribution is -1.86. The molecule has 0 fully saturated rings. The Morgan fingerprint density at radius 3 is 2.80 bits per heavy atom. The Morgan fingerprint density at radius 1 is 1.40 bits per heavy atom. The van der Waals surface area contributed by atoms with Crippen molar-refractivity contribution >= 4 is 0 Å². The van der Waals surface area contributed by atoms with E-state index >= 15 is 0 Å². The summed E-state index contributed by atoms with van der Waals surface area (Å²) in [6, 6.07) is 4.98. The van der Waals surface area contributed by atoms with Crippen LogP contribution >= 0.6 is 0 Å². The Balaban J connectivity index is 2.45. The van der Waals surface area contributed by atoms with E-state index in [0.29, 0.717) is 11.6 Å². The largest absolute Gasteiger partial charge is 0.504 e. The van der Waals surface area contributed by atoms with Crippen molar-refractivity contribution in [3.8, 4) is 22.9 Å². The number of phenolic OH excluding ortho intramolecular Hbond substituents is 1. The molecule has 0 saturated heterocycles. The number of phenols is 1. The summed E-state index contributed by atoms with van der Waals surface area (Å²) in [4.78, 5) is 4.18. The number of aromatic nitrogens is 3. The van der Waals surface area contributed by atoms with E-state index in [2.05, 4.69) is 15.2 Å². The first-order chi connectivity index (χ1) is 7.20. The van der Waals surface area contributed by atoms with E-state index < -0.39 is 0 Å². The highest BCUT2D eigenvalue weighted by Gasteiger charge is 2.07. The molecule has 0 saturated carbocycles. The molecule has 78 valence electrons. The van der Waals surface area contributed by atoms with E-state index in [-0.39, 0.29) is 5.75 Å². The lowest BCUT2D eigenvalue weighted by molar-refractivity contribution is 0.373. The van der Waals surface area contributed by atoms with Crippen LogP contribution in [0.2, 0.25) is 0 Å². The van der Waals surface area contributed by atoms with Gasteiger partial charge in [-0.2, -0.15) is 5.10 Å². The van der Waals surface area contributed by atoms with Crippen molar-refractivity contribution in [2.45, 2.75) is 6.92 Å². The molecule has 0 aliphatic heterocycles. The van der Waals surface area contributed by atoms with Crippen LogP contribution in [0.5, 0.6) is 11.5 Å². The molecular formula is C10H11N3O2. The van der Waals surface area contributed by atoms with Gasteiger partial charge in [0.2, 0.25) is 0 Å². The Labute approximate surface area is 86.7 Å². The van der Waals surface area contributed by atoms with Crippen molar-refractivity contribution in [3.63, 3.8) is 0 Å². The van der Waals surface area contributed by atoms with Crippen LogP contribution in [0.4, 0.5) is 0 Å². The van der Waals surface area contributed by atoms with E-state index in [1.54, 1.807) is 18.2 Å². The van der Waals surface area contributed by atoms with Crippen molar-refractivity contribution in [2.24, 2.45) is 0 Å². The molecular weight excluding hydrogens is 194 g/mol.